The Bertz CT molecular complexity index is 843. The van der Waals surface area contributed by atoms with Gasteiger partial charge in [0.25, 0.3) is 5.91 Å². The Balaban J connectivity index is 1.57. The monoisotopic (exact) mass is 435 g/mol. The van der Waals surface area contributed by atoms with Crippen LogP contribution in [-0.2, 0) is 19.1 Å². The molecule has 3 rings (SSSR count). The second-order valence-corrected chi connectivity index (χ2v) is 8.03. The van der Waals surface area contributed by atoms with Crippen LogP contribution in [0.4, 0.5) is 4.79 Å². The minimum absolute atomic E-state index is 0.0209. The number of rotatable bonds is 6. The smallest absolute Gasteiger partial charge is 0.338 e. The maximum Gasteiger partial charge on any atom is 0.338 e. The van der Waals surface area contributed by atoms with Gasteiger partial charge in [-0.1, -0.05) is 6.07 Å². The topological polar surface area (TPSA) is 114 Å². The lowest BCUT2D eigenvalue weighted by atomic mass is 9.97. The molecule has 30 heavy (non-hydrogen) atoms. The Kier molecular flexibility index (Phi) is 7.09. The molecule has 9 nitrogen and oxygen atoms in total. The van der Waals surface area contributed by atoms with Crippen LogP contribution in [0.25, 0.3) is 0 Å². The lowest BCUT2D eigenvalue weighted by molar-refractivity contribution is -0.149. The zero-order valence-electron chi connectivity index (χ0n) is 16.9. The van der Waals surface area contributed by atoms with Crippen LogP contribution < -0.4 is 10.6 Å². The first kappa shape index (κ1) is 21.8. The second-order valence-electron chi connectivity index (χ2n) is 7.08. The summed E-state index contributed by atoms with van der Waals surface area (Å²) >= 11 is 1.40. The molecule has 0 aromatic carbocycles. The Hall–Kier alpha value is -2.88. The van der Waals surface area contributed by atoms with Gasteiger partial charge in [0.2, 0.25) is 0 Å². The van der Waals surface area contributed by atoms with E-state index in [4.69, 9.17) is 9.47 Å². The van der Waals surface area contributed by atoms with Crippen molar-refractivity contribution in [2.45, 2.75) is 32.7 Å². The van der Waals surface area contributed by atoms with Gasteiger partial charge in [-0.2, -0.15) is 0 Å². The molecular weight excluding hydrogens is 410 g/mol. The Morgan fingerprint density at radius 2 is 1.97 bits per heavy atom. The number of hydrogen-bond acceptors (Lipinski definition) is 7. The molecule has 0 saturated carbocycles. The fraction of sp³-hybridized carbons (Fsp3) is 0.500. The van der Waals surface area contributed by atoms with Crippen molar-refractivity contribution in [1.82, 2.24) is 15.5 Å². The van der Waals surface area contributed by atoms with E-state index in [-0.39, 0.29) is 36.3 Å². The van der Waals surface area contributed by atoms with E-state index in [1.807, 2.05) is 11.4 Å². The number of carbonyl (C=O) groups is 4. The van der Waals surface area contributed by atoms with Crippen molar-refractivity contribution in [1.29, 1.82) is 0 Å². The second kappa shape index (κ2) is 9.75. The van der Waals surface area contributed by atoms with E-state index < -0.39 is 24.0 Å². The maximum absolute atomic E-state index is 12.5. The molecule has 10 heteroatoms. The summed E-state index contributed by atoms with van der Waals surface area (Å²) in [5.41, 5.74) is 0.462. The number of nitrogens with one attached hydrogen (secondary N) is 2. The van der Waals surface area contributed by atoms with Gasteiger partial charge in [0.05, 0.1) is 34.7 Å². The highest BCUT2D eigenvalue weighted by Gasteiger charge is 2.32. The molecule has 2 N–H and O–H groups in total. The minimum Gasteiger partial charge on any atom is -0.463 e. The number of urea groups is 1. The van der Waals surface area contributed by atoms with Crippen molar-refractivity contribution >= 4 is 35.2 Å². The molecule has 2 aliphatic rings. The average molecular weight is 436 g/mol. The first-order chi connectivity index (χ1) is 14.4. The molecule has 0 radical (unpaired) electrons. The summed E-state index contributed by atoms with van der Waals surface area (Å²) in [4.78, 5) is 51.3. The van der Waals surface area contributed by atoms with Gasteiger partial charge in [-0.05, 0) is 38.1 Å². The van der Waals surface area contributed by atoms with Crippen molar-refractivity contribution in [3.8, 4) is 0 Å². The molecule has 1 aromatic rings. The Labute approximate surface area is 178 Å². The van der Waals surface area contributed by atoms with Crippen molar-refractivity contribution in [2.24, 2.45) is 5.92 Å². The molecule has 1 atom stereocenters. The van der Waals surface area contributed by atoms with E-state index >= 15 is 0 Å². The molecule has 162 valence electrons. The number of carbonyl (C=O) groups excluding carboxylic acids is 4. The Morgan fingerprint density at radius 1 is 1.23 bits per heavy atom. The highest BCUT2D eigenvalue weighted by Crippen LogP contribution is 2.22. The fourth-order valence-electron chi connectivity index (χ4n) is 3.53. The minimum atomic E-state index is -0.566. The number of amides is 3. The van der Waals surface area contributed by atoms with E-state index in [0.29, 0.717) is 30.8 Å². The van der Waals surface area contributed by atoms with Crippen molar-refractivity contribution in [2.75, 3.05) is 26.3 Å². The summed E-state index contributed by atoms with van der Waals surface area (Å²) in [6, 6.07) is 2.60. The third kappa shape index (κ3) is 4.99. The van der Waals surface area contributed by atoms with E-state index in [9.17, 15) is 19.2 Å². The summed E-state index contributed by atoms with van der Waals surface area (Å²) < 4.78 is 10.4. The quantitative estimate of drug-likeness (QED) is 0.657. The largest absolute Gasteiger partial charge is 0.463 e. The molecule has 3 amide bonds. The van der Waals surface area contributed by atoms with Crippen molar-refractivity contribution in [3.63, 3.8) is 0 Å². The van der Waals surface area contributed by atoms with Gasteiger partial charge in [-0.25, -0.2) is 9.59 Å². The van der Waals surface area contributed by atoms with Gasteiger partial charge < -0.3 is 25.0 Å². The van der Waals surface area contributed by atoms with Crippen LogP contribution in [0.3, 0.4) is 0 Å². The van der Waals surface area contributed by atoms with Crippen LogP contribution in [0.5, 0.6) is 0 Å². The molecule has 2 aliphatic heterocycles. The van der Waals surface area contributed by atoms with Gasteiger partial charge in [-0.15, -0.1) is 11.3 Å². The van der Waals surface area contributed by atoms with E-state index in [1.165, 1.54) is 11.3 Å². The van der Waals surface area contributed by atoms with Crippen LogP contribution in [0.1, 0.15) is 36.4 Å². The summed E-state index contributed by atoms with van der Waals surface area (Å²) in [7, 11) is 0. The number of thiophene rings is 1. The van der Waals surface area contributed by atoms with Gasteiger partial charge in [0.1, 0.15) is 6.61 Å². The molecule has 0 bridgehead atoms. The van der Waals surface area contributed by atoms with Gasteiger partial charge in [0.15, 0.2) is 0 Å². The maximum atomic E-state index is 12.5. The van der Waals surface area contributed by atoms with E-state index in [0.717, 1.165) is 0 Å². The molecule has 3 heterocycles. The highest BCUT2D eigenvalue weighted by molar-refractivity contribution is 7.12. The van der Waals surface area contributed by atoms with Gasteiger partial charge in [-0.3, -0.25) is 9.59 Å². The fourth-order valence-corrected chi connectivity index (χ4v) is 4.22. The zero-order valence-corrected chi connectivity index (χ0v) is 17.8. The van der Waals surface area contributed by atoms with Gasteiger partial charge >= 0.3 is 18.0 Å². The molecule has 1 saturated heterocycles. The number of ether oxygens (including phenoxy) is 2. The molecule has 0 aliphatic carbocycles. The lowest BCUT2D eigenvalue weighted by Crippen LogP contribution is -2.50. The van der Waals surface area contributed by atoms with Crippen LogP contribution in [0, 0.1) is 5.92 Å². The van der Waals surface area contributed by atoms with Crippen LogP contribution in [-0.4, -0.2) is 61.1 Å². The van der Waals surface area contributed by atoms with E-state index in [2.05, 4.69) is 10.6 Å². The van der Waals surface area contributed by atoms with Crippen LogP contribution >= 0.6 is 11.3 Å². The summed E-state index contributed by atoms with van der Waals surface area (Å²) in [5, 5.41) is 6.98. The number of nitrogens with zero attached hydrogens (tertiary/aromatic N) is 1. The first-order valence-electron chi connectivity index (χ1n) is 9.87. The highest BCUT2D eigenvalue weighted by atomic mass is 32.1. The average Bonchev–Trinajstić information content (AvgIpc) is 3.26. The number of piperidine rings is 1. The SMILES string of the molecule is CCOC(=O)C1=C(COC(=O)C2CCN(C(=O)c3cccs3)CC2)NC(=O)NC1C. The van der Waals surface area contributed by atoms with Crippen LogP contribution in [0.2, 0.25) is 0 Å². The van der Waals surface area contributed by atoms with Gasteiger partial charge in [0, 0.05) is 13.1 Å². The summed E-state index contributed by atoms with van der Waals surface area (Å²) in [5.74, 6) is -1.33. The molecular formula is C20H25N3O6S. The summed E-state index contributed by atoms with van der Waals surface area (Å²) in [6.07, 6.45) is 1.01. The summed E-state index contributed by atoms with van der Waals surface area (Å²) in [6.45, 7) is 4.27. The number of esters is 2. The van der Waals surface area contributed by atoms with Crippen molar-refractivity contribution < 1.29 is 28.7 Å². The van der Waals surface area contributed by atoms with E-state index in [1.54, 1.807) is 24.8 Å². The normalized spacial score (nSPS) is 19.7. The number of likely N-dealkylation sites (tertiary alicyclic amines) is 1. The van der Waals surface area contributed by atoms with Crippen LogP contribution in [0.15, 0.2) is 28.8 Å². The standard InChI is InChI=1S/C20H25N3O6S/c1-3-28-19(26)16-12(2)21-20(27)22-14(16)11-29-18(25)13-6-8-23(9-7-13)17(24)15-5-4-10-30-15/h4-5,10,12-13H,3,6-9,11H2,1-2H3,(H2,21,22,27). The first-order valence-corrected chi connectivity index (χ1v) is 10.8. The van der Waals surface area contributed by atoms with Crippen molar-refractivity contribution in [3.05, 3.63) is 33.7 Å². The third-order valence-corrected chi connectivity index (χ3v) is 5.93. The third-order valence-electron chi connectivity index (χ3n) is 5.07. The zero-order chi connectivity index (χ0) is 21.7. The predicted octanol–water partition coefficient (Wildman–Crippen LogP) is 1.66. The molecule has 0 spiro atoms. The molecule has 1 fully saturated rings. The number of hydrogen-bond donors (Lipinski definition) is 2. The molecule has 1 unspecified atom stereocenters. The lowest BCUT2D eigenvalue weighted by Gasteiger charge is -2.31. The predicted molar refractivity (Wildman–Crippen MR) is 109 cm³/mol. The Morgan fingerprint density at radius 3 is 2.60 bits per heavy atom. The molecule has 1 aromatic heterocycles.